The minimum absolute atomic E-state index is 0.0437. The summed E-state index contributed by atoms with van der Waals surface area (Å²) in [5.41, 5.74) is -1.07. The molecule has 5 rings (SSSR count). The zero-order valence-electron chi connectivity index (χ0n) is 31.9. The van der Waals surface area contributed by atoms with Gasteiger partial charge in [0.05, 0.1) is 22.2 Å². The average Bonchev–Trinajstić information content (AvgIpc) is 3.34. The van der Waals surface area contributed by atoms with Crippen molar-refractivity contribution in [1.82, 2.24) is 21.3 Å². The molecule has 0 amide bonds. The zero-order chi connectivity index (χ0) is 34.5. The molecule has 4 N–H and O–H groups in total. The predicted octanol–water partition coefficient (Wildman–Crippen LogP) is 6.88. The quantitative estimate of drug-likeness (QED) is 0.244. The fourth-order valence-corrected chi connectivity index (χ4v) is 9.15. The van der Waals surface area contributed by atoms with E-state index in [2.05, 4.69) is 144 Å². The van der Waals surface area contributed by atoms with E-state index in [0.717, 1.165) is 25.7 Å². The van der Waals surface area contributed by atoms with Crippen LogP contribution in [-0.2, 0) is 0 Å². The highest BCUT2D eigenvalue weighted by Crippen LogP contribution is 2.48. The fourth-order valence-electron chi connectivity index (χ4n) is 9.15. The van der Waals surface area contributed by atoms with Crippen LogP contribution in [0, 0.1) is 0 Å². The number of benzene rings is 1. The van der Waals surface area contributed by atoms with E-state index in [1.807, 2.05) is 0 Å². The van der Waals surface area contributed by atoms with Gasteiger partial charge >= 0.3 is 0 Å². The first-order valence-electron chi connectivity index (χ1n) is 17.6. The van der Waals surface area contributed by atoms with Crippen LogP contribution in [-0.4, -0.2) is 68.7 Å². The molecule has 4 saturated heterocycles. The molecule has 0 aromatic heterocycles. The van der Waals surface area contributed by atoms with Gasteiger partial charge in [-0.05, 0) is 111 Å². The Labute approximate surface area is 280 Å². The number of ether oxygens (including phenoxy) is 4. The summed E-state index contributed by atoms with van der Waals surface area (Å²) >= 11 is 0. The van der Waals surface area contributed by atoms with Crippen LogP contribution in [0.3, 0.4) is 0 Å². The Hall–Kier alpha value is -1.74. The summed E-state index contributed by atoms with van der Waals surface area (Å²) in [4.78, 5) is 0. The first-order chi connectivity index (χ1) is 20.6. The van der Waals surface area contributed by atoms with E-state index in [4.69, 9.17) is 18.9 Å². The second-order valence-corrected chi connectivity index (χ2v) is 19.9. The lowest BCUT2D eigenvalue weighted by Crippen LogP contribution is -2.48. The van der Waals surface area contributed by atoms with Crippen molar-refractivity contribution in [1.29, 1.82) is 0 Å². The van der Waals surface area contributed by atoms with Gasteiger partial charge in [-0.25, -0.2) is 0 Å². The molecule has 4 unspecified atom stereocenters. The molecule has 8 nitrogen and oxygen atoms in total. The Morgan fingerprint density at radius 2 is 0.543 bits per heavy atom. The number of hydrogen-bond acceptors (Lipinski definition) is 8. The number of hydrogen-bond donors (Lipinski definition) is 4. The van der Waals surface area contributed by atoms with Gasteiger partial charge in [0.2, 0.25) is 0 Å². The van der Waals surface area contributed by atoms with Crippen LogP contribution in [0.2, 0.25) is 0 Å². The molecule has 262 valence electrons. The van der Waals surface area contributed by atoms with Gasteiger partial charge in [-0.15, -0.1) is 0 Å². The van der Waals surface area contributed by atoms with Crippen LogP contribution in [0.5, 0.6) is 23.0 Å². The third-order valence-corrected chi connectivity index (χ3v) is 10.7. The number of rotatable bonds is 8. The molecule has 4 heterocycles. The summed E-state index contributed by atoms with van der Waals surface area (Å²) in [6, 6.07) is 4.10. The van der Waals surface area contributed by atoms with Gasteiger partial charge in [0.15, 0.2) is 23.0 Å². The fraction of sp³-hybridized carbons (Fsp3) is 0.842. The third kappa shape index (κ3) is 7.45. The van der Waals surface area contributed by atoms with Gasteiger partial charge in [-0.3, -0.25) is 0 Å². The monoisotopic (exact) mass is 643 g/mol. The van der Waals surface area contributed by atoms with Crippen LogP contribution in [0.25, 0.3) is 0 Å². The Morgan fingerprint density at radius 3 is 0.674 bits per heavy atom. The normalized spacial score (nSPS) is 33.9. The van der Waals surface area contributed by atoms with Crippen molar-refractivity contribution in [3.8, 4) is 23.0 Å². The predicted molar refractivity (Wildman–Crippen MR) is 188 cm³/mol. The Bertz CT molecular complexity index is 1120. The molecule has 0 aliphatic carbocycles. The van der Waals surface area contributed by atoms with E-state index >= 15 is 0 Å². The van der Waals surface area contributed by atoms with E-state index in [1.54, 1.807) is 0 Å². The summed E-state index contributed by atoms with van der Waals surface area (Å²) in [5.74, 6) is 2.81. The molecule has 4 atom stereocenters. The summed E-state index contributed by atoms with van der Waals surface area (Å²) in [5, 5.41) is 15.1. The highest BCUT2D eigenvalue weighted by molar-refractivity contribution is 5.55. The molecule has 4 aliphatic heterocycles. The Balaban J connectivity index is 1.60. The molecular formula is C38H66N4O4. The molecule has 46 heavy (non-hydrogen) atoms. The maximum Gasteiger partial charge on any atom is 0.165 e. The van der Waals surface area contributed by atoms with Gasteiger partial charge in [-0.2, -0.15) is 0 Å². The second-order valence-electron chi connectivity index (χ2n) is 19.9. The van der Waals surface area contributed by atoms with Crippen LogP contribution >= 0.6 is 0 Å². The summed E-state index contributed by atoms with van der Waals surface area (Å²) in [6.07, 6.45) is 3.28. The second kappa shape index (κ2) is 10.9. The molecule has 1 aromatic carbocycles. The topological polar surface area (TPSA) is 85.0 Å². The van der Waals surface area contributed by atoms with Gasteiger partial charge in [0, 0.05) is 60.0 Å². The molecule has 0 radical (unpaired) electrons. The Kier molecular flexibility index (Phi) is 8.41. The summed E-state index contributed by atoms with van der Waals surface area (Å²) in [7, 11) is 0. The minimum atomic E-state index is -0.223. The molecule has 4 aliphatic rings. The highest BCUT2D eigenvalue weighted by atomic mass is 16.6. The maximum atomic E-state index is 7.01. The third-order valence-electron chi connectivity index (χ3n) is 10.7. The van der Waals surface area contributed by atoms with Crippen LogP contribution in [0.15, 0.2) is 12.1 Å². The standard InChI is InChI=1S/C38H66N4O4/c1-31(2)19-27(35(9,10)39-31)43-23-17-25(45-29-21-33(5,6)41-37(29,13)14)26(46-30-22-34(7,8)42-38(30,15)16)18-24(23)44-28-20-32(3,4)40-36(28,11)12/h17-18,27-30,39-42H,19-22H2,1-16H3. The number of nitrogens with one attached hydrogen (secondary N) is 4. The van der Waals surface area contributed by atoms with Crippen molar-refractivity contribution in [2.45, 2.75) is 205 Å². The van der Waals surface area contributed by atoms with Crippen molar-refractivity contribution < 1.29 is 18.9 Å². The van der Waals surface area contributed by atoms with E-state index in [-0.39, 0.29) is 68.7 Å². The van der Waals surface area contributed by atoms with Gasteiger partial charge in [0.1, 0.15) is 24.4 Å². The van der Waals surface area contributed by atoms with Crippen molar-refractivity contribution in [2.24, 2.45) is 0 Å². The minimum Gasteiger partial charge on any atom is -0.484 e. The van der Waals surface area contributed by atoms with Crippen molar-refractivity contribution in [2.75, 3.05) is 0 Å². The molecular weight excluding hydrogens is 576 g/mol. The zero-order valence-corrected chi connectivity index (χ0v) is 31.9. The molecule has 1 aromatic rings. The first-order valence-corrected chi connectivity index (χ1v) is 17.6. The van der Waals surface area contributed by atoms with Gasteiger partial charge in [-0.1, -0.05) is 0 Å². The van der Waals surface area contributed by atoms with E-state index in [9.17, 15) is 0 Å². The molecule has 0 spiro atoms. The Morgan fingerprint density at radius 1 is 0.370 bits per heavy atom. The highest BCUT2D eigenvalue weighted by Gasteiger charge is 2.50. The van der Waals surface area contributed by atoms with Crippen molar-refractivity contribution in [3.63, 3.8) is 0 Å². The van der Waals surface area contributed by atoms with Crippen LogP contribution < -0.4 is 40.2 Å². The average molecular weight is 643 g/mol. The van der Waals surface area contributed by atoms with Crippen LogP contribution in [0.4, 0.5) is 0 Å². The lowest BCUT2D eigenvalue weighted by Gasteiger charge is -2.34. The van der Waals surface area contributed by atoms with E-state index < -0.39 is 0 Å². The molecule has 4 fully saturated rings. The maximum absolute atomic E-state index is 7.01. The van der Waals surface area contributed by atoms with Crippen molar-refractivity contribution >= 4 is 0 Å². The lowest BCUT2D eigenvalue weighted by molar-refractivity contribution is 0.0997. The van der Waals surface area contributed by atoms with Gasteiger partial charge in [0.25, 0.3) is 0 Å². The SMILES string of the molecule is CC1(C)CC(Oc2cc(OC3CC(C)(C)NC3(C)C)c(OC3CC(C)(C)NC3(C)C)cc2OC2CC(C)(C)NC2(C)C)C(C)(C)N1. The van der Waals surface area contributed by atoms with Crippen molar-refractivity contribution in [3.05, 3.63) is 12.1 Å². The summed E-state index contributed by atoms with van der Waals surface area (Å²) < 4.78 is 28.1. The molecule has 0 saturated carbocycles. The van der Waals surface area contributed by atoms with E-state index in [1.165, 1.54) is 0 Å². The molecule has 8 heteroatoms. The first kappa shape index (κ1) is 35.6. The van der Waals surface area contributed by atoms with Crippen LogP contribution in [0.1, 0.15) is 136 Å². The van der Waals surface area contributed by atoms with E-state index in [0.29, 0.717) is 23.0 Å². The lowest BCUT2D eigenvalue weighted by atomic mass is 9.96. The molecule has 0 bridgehead atoms. The summed E-state index contributed by atoms with van der Waals surface area (Å²) in [6.45, 7) is 35.7. The largest absolute Gasteiger partial charge is 0.484 e. The van der Waals surface area contributed by atoms with Gasteiger partial charge < -0.3 is 40.2 Å². The smallest absolute Gasteiger partial charge is 0.165 e.